The Morgan fingerprint density at radius 3 is 2.68 bits per heavy atom. The average molecular weight is 338 g/mol. The fourth-order valence-electron chi connectivity index (χ4n) is 3.39. The van der Waals surface area contributed by atoms with Crippen LogP contribution in [0.2, 0.25) is 0 Å². The van der Waals surface area contributed by atoms with E-state index in [1.54, 1.807) is 25.2 Å². The number of carbonyl (C=O) groups excluding carboxylic acids is 1. The number of piperidine rings is 1. The third-order valence-corrected chi connectivity index (χ3v) is 4.77. The third-order valence-electron chi connectivity index (χ3n) is 4.77. The molecule has 0 radical (unpaired) electrons. The van der Waals surface area contributed by atoms with Gasteiger partial charge in [-0.05, 0) is 31.9 Å². The zero-order valence-corrected chi connectivity index (χ0v) is 15.3. The fourth-order valence-corrected chi connectivity index (χ4v) is 3.39. The van der Waals surface area contributed by atoms with E-state index in [0.29, 0.717) is 5.56 Å². The topological polar surface area (TPSA) is 49.3 Å². The summed E-state index contributed by atoms with van der Waals surface area (Å²) in [7, 11) is 3.50. The Labute approximate surface area is 149 Å². The number of carbonyl (C=O) groups is 1. The minimum absolute atomic E-state index is 0.0474. The van der Waals surface area contributed by atoms with Crippen LogP contribution in [0, 0.1) is 6.92 Å². The van der Waals surface area contributed by atoms with E-state index < -0.39 is 0 Å². The van der Waals surface area contributed by atoms with E-state index in [1.807, 2.05) is 13.0 Å². The van der Waals surface area contributed by atoms with Gasteiger partial charge in [-0.1, -0.05) is 36.8 Å². The van der Waals surface area contributed by atoms with E-state index >= 15 is 0 Å². The summed E-state index contributed by atoms with van der Waals surface area (Å²) in [6.07, 6.45) is 5.15. The van der Waals surface area contributed by atoms with Gasteiger partial charge < -0.3 is 4.90 Å². The van der Waals surface area contributed by atoms with Gasteiger partial charge in [-0.15, -0.1) is 0 Å². The smallest absolute Gasteiger partial charge is 0.256 e. The van der Waals surface area contributed by atoms with E-state index in [1.165, 1.54) is 18.4 Å². The molecule has 1 atom stereocenters. The Morgan fingerprint density at radius 1 is 1.24 bits per heavy atom. The molecule has 2 heterocycles. The first-order chi connectivity index (χ1) is 12.1. The molecule has 1 aliphatic heterocycles. The summed E-state index contributed by atoms with van der Waals surface area (Å²) >= 11 is 0. The Bertz CT molecular complexity index is 730. The number of benzene rings is 1. The van der Waals surface area contributed by atoms with Crippen LogP contribution in [0.1, 0.15) is 52.7 Å². The molecule has 0 aliphatic carbocycles. The quantitative estimate of drug-likeness (QED) is 0.859. The van der Waals surface area contributed by atoms with Crippen molar-refractivity contribution in [3.63, 3.8) is 0 Å². The van der Waals surface area contributed by atoms with Crippen molar-refractivity contribution in [1.29, 1.82) is 0 Å². The number of likely N-dealkylation sites (tertiary alicyclic amines) is 1. The van der Waals surface area contributed by atoms with Crippen LogP contribution < -0.4 is 0 Å². The molecular formula is C20H26N4O. The van der Waals surface area contributed by atoms with Crippen molar-refractivity contribution in [3.8, 4) is 0 Å². The van der Waals surface area contributed by atoms with E-state index in [2.05, 4.69) is 34.1 Å². The molecule has 1 unspecified atom stereocenters. The van der Waals surface area contributed by atoms with Crippen LogP contribution >= 0.6 is 0 Å². The van der Waals surface area contributed by atoms with Gasteiger partial charge in [-0.3, -0.25) is 9.69 Å². The Kier molecular flexibility index (Phi) is 5.43. The highest BCUT2D eigenvalue weighted by Crippen LogP contribution is 2.30. The molecule has 0 N–H and O–H groups in total. The second kappa shape index (κ2) is 7.74. The predicted molar refractivity (Wildman–Crippen MR) is 98.2 cm³/mol. The standard InChI is InChI=1S/C20H26N4O/c1-15-17(20(25)23(2)3)13-21-19(22-15)18-11-7-8-12-24(18)14-16-9-5-4-6-10-16/h4-6,9-10,13,18H,7-8,11-12,14H2,1-3H3. The molecular weight excluding hydrogens is 312 g/mol. The molecule has 1 amide bonds. The van der Waals surface area contributed by atoms with Crippen LogP contribution in [-0.2, 0) is 6.54 Å². The summed E-state index contributed by atoms with van der Waals surface area (Å²) in [5.41, 5.74) is 2.65. The van der Waals surface area contributed by atoms with Crippen LogP contribution in [0.25, 0.3) is 0 Å². The van der Waals surface area contributed by atoms with Crippen LogP contribution in [0.5, 0.6) is 0 Å². The van der Waals surface area contributed by atoms with Crippen molar-refractivity contribution in [2.75, 3.05) is 20.6 Å². The maximum atomic E-state index is 12.2. The van der Waals surface area contributed by atoms with Gasteiger partial charge in [-0.2, -0.15) is 0 Å². The number of aryl methyl sites for hydroxylation is 1. The molecule has 1 fully saturated rings. The van der Waals surface area contributed by atoms with E-state index in [-0.39, 0.29) is 11.9 Å². The van der Waals surface area contributed by atoms with Crippen molar-refractivity contribution in [2.45, 2.75) is 38.8 Å². The third kappa shape index (κ3) is 4.04. The number of hydrogen-bond acceptors (Lipinski definition) is 4. The lowest BCUT2D eigenvalue weighted by Crippen LogP contribution is -2.34. The number of amides is 1. The van der Waals surface area contributed by atoms with Gasteiger partial charge in [0, 0.05) is 26.8 Å². The van der Waals surface area contributed by atoms with Crippen molar-refractivity contribution in [3.05, 3.63) is 59.2 Å². The molecule has 132 valence electrons. The first kappa shape index (κ1) is 17.5. The highest BCUT2D eigenvalue weighted by Gasteiger charge is 2.27. The van der Waals surface area contributed by atoms with Crippen LogP contribution in [0.3, 0.4) is 0 Å². The minimum Gasteiger partial charge on any atom is -0.345 e. The summed E-state index contributed by atoms with van der Waals surface area (Å²) in [5.74, 6) is 0.789. The molecule has 1 aliphatic rings. The Morgan fingerprint density at radius 2 is 2.00 bits per heavy atom. The van der Waals surface area contributed by atoms with Crippen molar-refractivity contribution in [1.82, 2.24) is 19.8 Å². The summed E-state index contributed by atoms with van der Waals surface area (Å²) < 4.78 is 0. The second-order valence-corrected chi connectivity index (χ2v) is 6.89. The highest BCUT2D eigenvalue weighted by molar-refractivity contribution is 5.94. The predicted octanol–water partition coefficient (Wildman–Crippen LogP) is 3.21. The molecule has 25 heavy (non-hydrogen) atoms. The maximum absolute atomic E-state index is 12.2. The molecule has 2 aromatic rings. The SMILES string of the molecule is Cc1nc(C2CCCCN2Cc2ccccc2)ncc1C(=O)N(C)C. The largest absolute Gasteiger partial charge is 0.345 e. The van der Waals surface area contributed by atoms with E-state index in [0.717, 1.165) is 31.0 Å². The lowest BCUT2D eigenvalue weighted by atomic mass is 10.00. The van der Waals surface area contributed by atoms with Gasteiger partial charge in [0.25, 0.3) is 5.91 Å². The normalized spacial score (nSPS) is 18.1. The van der Waals surface area contributed by atoms with E-state index in [4.69, 9.17) is 4.98 Å². The first-order valence-corrected chi connectivity index (χ1v) is 8.89. The average Bonchev–Trinajstić information content (AvgIpc) is 2.62. The molecule has 0 saturated carbocycles. The second-order valence-electron chi connectivity index (χ2n) is 6.89. The summed E-state index contributed by atoms with van der Waals surface area (Å²) in [5, 5.41) is 0. The molecule has 0 bridgehead atoms. The van der Waals surface area contributed by atoms with Crippen LogP contribution in [0.15, 0.2) is 36.5 Å². The zero-order chi connectivity index (χ0) is 17.8. The molecule has 0 spiro atoms. The monoisotopic (exact) mass is 338 g/mol. The maximum Gasteiger partial charge on any atom is 0.256 e. The molecule has 5 heteroatoms. The van der Waals surface area contributed by atoms with Gasteiger partial charge in [0.2, 0.25) is 0 Å². The lowest BCUT2D eigenvalue weighted by molar-refractivity contribution is 0.0825. The molecule has 1 aromatic heterocycles. The minimum atomic E-state index is -0.0474. The van der Waals surface area contributed by atoms with E-state index in [9.17, 15) is 4.79 Å². The van der Waals surface area contributed by atoms with Gasteiger partial charge in [0.1, 0.15) is 5.82 Å². The Balaban J connectivity index is 1.83. The molecule has 3 rings (SSSR count). The fraction of sp³-hybridized carbons (Fsp3) is 0.450. The van der Waals surface area contributed by atoms with Crippen molar-refractivity contribution >= 4 is 5.91 Å². The number of aromatic nitrogens is 2. The highest BCUT2D eigenvalue weighted by atomic mass is 16.2. The lowest BCUT2D eigenvalue weighted by Gasteiger charge is -2.34. The number of hydrogen-bond donors (Lipinski definition) is 0. The van der Waals surface area contributed by atoms with Gasteiger partial charge in [-0.25, -0.2) is 9.97 Å². The van der Waals surface area contributed by atoms with Crippen molar-refractivity contribution in [2.24, 2.45) is 0 Å². The number of nitrogens with zero attached hydrogens (tertiary/aromatic N) is 4. The van der Waals surface area contributed by atoms with Crippen LogP contribution in [0.4, 0.5) is 0 Å². The Hall–Kier alpha value is -2.27. The van der Waals surface area contributed by atoms with Gasteiger partial charge in [0.05, 0.1) is 17.3 Å². The molecule has 5 nitrogen and oxygen atoms in total. The summed E-state index contributed by atoms with van der Waals surface area (Å²) in [6, 6.07) is 10.8. The molecule has 1 saturated heterocycles. The zero-order valence-electron chi connectivity index (χ0n) is 15.3. The first-order valence-electron chi connectivity index (χ1n) is 8.89. The van der Waals surface area contributed by atoms with Crippen molar-refractivity contribution < 1.29 is 4.79 Å². The summed E-state index contributed by atoms with van der Waals surface area (Å²) in [6.45, 7) is 3.86. The van der Waals surface area contributed by atoms with Gasteiger partial charge >= 0.3 is 0 Å². The van der Waals surface area contributed by atoms with Crippen LogP contribution in [-0.4, -0.2) is 46.3 Å². The number of rotatable bonds is 4. The molecule has 1 aromatic carbocycles. The summed E-state index contributed by atoms with van der Waals surface area (Å²) in [4.78, 5) is 25.5. The van der Waals surface area contributed by atoms with Gasteiger partial charge in [0.15, 0.2) is 0 Å².